The first-order valence-corrected chi connectivity index (χ1v) is 12.2. The van der Waals surface area contributed by atoms with E-state index in [1.807, 2.05) is 0 Å². The summed E-state index contributed by atoms with van der Waals surface area (Å²) in [5.74, 6) is -1.38. The van der Waals surface area contributed by atoms with E-state index in [1.165, 1.54) is 34.6 Å². The van der Waals surface area contributed by atoms with Gasteiger partial charge in [-0.3, -0.25) is 4.79 Å². The van der Waals surface area contributed by atoms with E-state index in [0.717, 1.165) is 32.3 Å². The number of nitrogens with one attached hydrogen (secondary N) is 3. The van der Waals surface area contributed by atoms with E-state index in [4.69, 9.17) is 4.74 Å². The van der Waals surface area contributed by atoms with Gasteiger partial charge in [0.25, 0.3) is 5.91 Å². The van der Waals surface area contributed by atoms with Crippen LogP contribution in [0.4, 0.5) is 16.5 Å². The van der Waals surface area contributed by atoms with Gasteiger partial charge in [0.15, 0.2) is 5.13 Å². The molecule has 8 nitrogen and oxygen atoms in total. The molecule has 176 valence electrons. The highest BCUT2D eigenvalue weighted by molar-refractivity contribution is 7.17. The number of rotatable bonds is 8. The molecule has 1 saturated heterocycles. The fraction of sp³-hybridized carbons (Fsp3) is 0.320. The van der Waals surface area contributed by atoms with Gasteiger partial charge in [0.1, 0.15) is 4.88 Å². The van der Waals surface area contributed by atoms with E-state index >= 15 is 0 Å². The number of amides is 1. The van der Waals surface area contributed by atoms with E-state index in [2.05, 4.69) is 45.2 Å². The molecule has 3 aromatic rings. The summed E-state index contributed by atoms with van der Waals surface area (Å²) < 4.78 is 5.65. The average molecular weight is 479 g/mol. The molecule has 0 spiro atoms. The molecule has 0 radical (unpaired) electrons. The Kier molecular flexibility index (Phi) is 6.46. The largest absolute Gasteiger partial charge is 0.478 e. The van der Waals surface area contributed by atoms with Crippen LogP contribution in [0, 0.1) is 0 Å². The van der Waals surface area contributed by atoms with Crippen LogP contribution in [-0.2, 0) is 17.6 Å². The Labute approximate surface area is 201 Å². The number of carboxylic acid groups (broad SMARTS) is 1. The Morgan fingerprint density at radius 2 is 1.91 bits per heavy atom. The van der Waals surface area contributed by atoms with Crippen LogP contribution >= 0.6 is 11.3 Å². The summed E-state index contributed by atoms with van der Waals surface area (Å²) in [7, 11) is 0. The Morgan fingerprint density at radius 1 is 1.12 bits per heavy atom. The van der Waals surface area contributed by atoms with Crippen LogP contribution in [-0.4, -0.2) is 47.3 Å². The predicted molar refractivity (Wildman–Crippen MR) is 132 cm³/mol. The summed E-state index contributed by atoms with van der Waals surface area (Å²) in [5, 5.41) is 19.7. The van der Waals surface area contributed by atoms with Crippen molar-refractivity contribution >= 4 is 39.7 Å². The number of carboxylic acids is 1. The zero-order chi connectivity index (χ0) is 23.5. The molecule has 4 N–H and O–H groups in total. The molecule has 0 unspecified atom stereocenters. The molecule has 1 aliphatic heterocycles. The van der Waals surface area contributed by atoms with Crippen LogP contribution < -0.4 is 16.0 Å². The van der Waals surface area contributed by atoms with Gasteiger partial charge in [-0.1, -0.05) is 35.6 Å². The monoisotopic (exact) mass is 478 g/mol. The first kappa shape index (κ1) is 22.4. The first-order chi connectivity index (χ1) is 16.5. The Hall–Kier alpha value is -3.43. The molecule has 2 aliphatic rings. The highest BCUT2D eigenvalue weighted by Crippen LogP contribution is 2.29. The van der Waals surface area contributed by atoms with Gasteiger partial charge in [-0.05, 0) is 55.0 Å². The second-order valence-electron chi connectivity index (χ2n) is 8.58. The number of carbonyl (C=O) groups excluding carboxylic acids is 1. The van der Waals surface area contributed by atoms with Gasteiger partial charge >= 0.3 is 5.97 Å². The molecule has 2 heterocycles. The molecular weight excluding hydrogens is 452 g/mol. The number of thiazole rings is 1. The van der Waals surface area contributed by atoms with Crippen molar-refractivity contribution in [1.29, 1.82) is 0 Å². The number of fused-ring (bicyclic) bond motifs is 1. The van der Waals surface area contributed by atoms with Crippen molar-refractivity contribution in [2.45, 2.75) is 37.8 Å². The normalized spacial score (nSPS) is 17.4. The van der Waals surface area contributed by atoms with Crippen LogP contribution in [0.2, 0.25) is 0 Å². The predicted octanol–water partition coefficient (Wildman–Crippen LogP) is 4.26. The second-order valence-corrected chi connectivity index (χ2v) is 9.61. The quantitative estimate of drug-likeness (QED) is 0.383. The lowest BCUT2D eigenvalue weighted by Gasteiger charge is -2.16. The molecule has 9 heteroatoms. The average Bonchev–Trinajstić information content (AvgIpc) is 3.59. The molecule has 1 atom stereocenters. The first-order valence-electron chi connectivity index (χ1n) is 11.4. The van der Waals surface area contributed by atoms with Crippen molar-refractivity contribution < 1.29 is 19.4 Å². The standard InChI is InChI=1S/C25H26N4O4S/c30-23(22-14-27-25(34-22)28-18-10-15-4-1-2-5-16(15)11-18)29-21-12-17(24(31)32)7-8-20(21)26-13-19-6-3-9-33-19/h1-2,4-5,7-8,12,14,18-19,26H,3,6,9-11,13H2,(H,27,28)(H,29,30)(H,31,32)/t19-/m0/s1. The van der Waals surface area contributed by atoms with Crippen LogP contribution in [0.5, 0.6) is 0 Å². The minimum Gasteiger partial charge on any atom is -0.478 e. The second kappa shape index (κ2) is 9.82. The van der Waals surface area contributed by atoms with E-state index in [-0.39, 0.29) is 23.6 Å². The number of benzene rings is 2. The van der Waals surface area contributed by atoms with E-state index < -0.39 is 5.97 Å². The maximum absolute atomic E-state index is 13.0. The Morgan fingerprint density at radius 3 is 2.62 bits per heavy atom. The van der Waals surface area contributed by atoms with Gasteiger partial charge in [0, 0.05) is 19.2 Å². The number of nitrogens with zero attached hydrogens (tertiary/aromatic N) is 1. The summed E-state index contributed by atoms with van der Waals surface area (Å²) in [5.41, 5.74) is 3.86. The van der Waals surface area contributed by atoms with Crippen molar-refractivity contribution in [3.8, 4) is 0 Å². The number of anilines is 3. The lowest BCUT2D eigenvalue weighted by Crippen LogP contribution is -2.20. The van der Waals surface area contributed by atoms with Crippen LogP contribution in [0.1, 0.15) is 44.0 Å². The van der Waals surface area contributed by atoms with Crippen molar-refractivity contribution in [3.63, 3.8) is 0 Å². The van der Waals surface area contributed by atoms with E-state index in [1.54, 1.807) is 12.3 Å². The zero-order valence-corrected chi connectivity index (χ0v) is 19.4. The molecule has 1 aromatic heterocycles. The van der Waals surface area contributed by atoms with Crippen molar-refractivity contribution in [2.24, 2.45) is 0 Å². The highest BCUT2D eigenvalue weighted by atomic mass is 32.1. The molecule has 1 aliphatic carbocycles. The third-order valence-corrected chi connectivity index (χ3v) is 7.09. The highest BCUT2D eigenvalue weighted by Gasteiger charge is 2.23. The van der Waals surface area contributed by atoms with Gasteiger partial charge in [0.2, 0.25) is 0 Å². The van der Waals surface area contributed by atoms with Crippen molar-refractivity contribution in [2.75, 3.05) is 29.1 Å². The SMILES string of the molecule is O=C(O)c1ccc(NC[C@@H]2CCCO2)c(NC(=O)c2cnc(NC3Cc4ccccc4C3)s2)c1. The van der Waals surface area contributed by atoms with Crippen molar-refractivity contribution in [1.82, 2.24) is 4.98 Å². The number of carbonyl (C=O) groups is 2. The molecule has 34 heavy (non-hydrogen) atoms. The van der Waals surface area contributed by atoms with Gasteiger partial charge in [-0.25, -0.2) is 9.78 Å². The number of hydrogen-bond donors (Lipinski definition) is 4. The third-order valence-electron chi connectivity index (χ3n) is 6.17. The molecule has 2 aromatic carbocycles. The van der Waals surface area contributed by atoms with Crippen molar-refractivity contribution in [3.05, 3.63) is 70.2 Å². The molecule has 1 amide bonds. The number of hydrogen-bond acceptors (Lipinski definition) is 7. The summed E-state index contributed by atoms with van der Waals surface area (Å²) in [6, 6.07) is 13.3. The van der Waals surface area contributed by atoms with Gasteiger partial charge in [-0.2, -0.15) is 0 Å². The van der Waals surface area contributed by atoms with E-state index in [9.17, 15) is 14.7 Å². The third kappa shape index (κ3) is 5.05. The molecule has 5 rings (SSSR count). The smallest absolute Gasteiger partial charge is 0.335 e. The van der Waals surface area contributed by atoms with Crippen LogP contribution in [0.3, 0.4) is 0 Å². The fourth-order valence-electron chi connectivity index (χ4n) is 4.43. The lowest BCUT2D eigenvalue weighted by molar-refractivity contribution is 0.0696. The molecule has 0 bridgehead atoms. The summed E-state index contributed by atoms with van der Waals surface area (Å²) in [6.45, 7) is 1.34. The minimum absolute atomic E-state index is 0.102. The van der Waals surface area contributed by atoms with Gasteiger partial charge in [0.05, 0.1) is 29.2 Å². The van der Waals surface area contributed by atoms with Crippen LogP contribution in [0.25, 0.3) is 0 Å². The van der Waals surface area contributed by atoms with Gasteiger partial charge in [-0.15, -0.1) is 0 Å². The number of aromatic carboxylic acids is 1. The summed E-state index contributed by atoms with van der Waals surface area (Å²) in [4.78, 5) is 29.3. The van der Waals surface area contributed by atoms with E-state index in [0.29, 0.717) is 27.9 Å². The van der Waals surface area contributed by atoms with Gasteiger partial charge < -0.3 is 25.8 Å². The lowest BCUT2D eigenvalue weighted by atomic mass is 10.1. The maximum atomic E-state index is 13.0. The zero-order valence-electron chi connectivity index (χ0n) is 18.5. The van der Waals surface area contributed by atoms with Crippen LogP contribution in [0.15, 0.2) is 48.7 Å². The molecular formula is C25H26N4O4S. The molecule has 1 fully saturated rings. The number of aromatic nitrogens is 1. The summed E-state index contributed by atoms with van der Waals surface area (Å²) in [6.07, 6.45) is 5.52. The molecule has 0 saturated carbocycles. The Balaban J connectivity index is 1.26. The Bertz CT molecular complexity index is 1180. The minimum atomic E-state index is -1.05. The maximum Gasteiger partial charge on any atom is 0.335 e. The number of ether oxygens (including phenoxy) is 1. The topological polar surface area (TPSA) is 113 Å². The summed E-state index contributed by atoms with van der Waals surface area (Å²) >= 11 is 1.28. The fourth-order valence-corrected chi connectivity index (χ4v) is 5.22.